The second-order valence-electron chi connectivity index (χ2n) is 8.75. The fourth-order valence-corrected chi connectivity index (χ4v) is 6.12. The van der Waals surface area contributed by atoms with Gasteiger partial charge in [0.25, 0.3) is 5.91 Å². The Hall–Kier alpha value is -3.12. The second kappa shape index (κ2) is 9.40. The molecule has 1 N–H and O–H groups in total. The minimum absolute atomic E-state index is 0.0488. The van der Waals surface area contributed by atoms with E-state index in [-0.39, 0.29) is 23.9 Å². The minimum Gasteiger partial charge on any atom is -0.497 e. The Morgan fingerprint density at radius 3 is 2.67 bits per heavy atom. The standard InChI is InChI=1S/C27H28N2O3S/c1-32-20-11-6-8-18(16-20)17-28-26(30)24-21-12-4-5-13-22(21)27(31)29(19-9-2-3-10-19)25(24)23-14-7-15-33-23/h4-8,11-16,19,24-25H,2-3,9-10,17H2,1H3,(H,28,30)/t24-,25-/m0/s1. The van der Waals surface area contributed by atoms with Gasteiger partial charge in [-0.25, -0.2) is 0 Å². The van der Waals surface area contributed by atoms with Gasteiger partial charge < -0.3 is 15.0 Å². The Bertz CT molecular complexity index is 1140. The van der Waals surface area contributed by atoms with Crippen molar-refractivity contribution >= 4 is 23.2 Å². The molecule has 2 aliphatic rings. The molecule has 170 valence electrons. The predicted octanol–water partition coefficient (Wildman–Crippen LogP) is 5.30. The van der Waals surface area contributed by atoms with Crippen molar-refractivity contribution in [3.63, 3.8) is 0 Å². The van der Waals surface area contributed by atoms with Gasteiger partial charge in [0.05, 0.1) is 19.1 Å². The van der Waals surface area contributed by atoms with Crippen molar-refractivity contribution in [3.05, 3.63) is 87.6 Å². The van der Waals surface area contributed by atoms with Crippen LogP contribution in [0.1, 0.15) is 64.0 Å². The summed E-state index contributed by atoms with van der Waals surface area (Å²) in [5.41, 5.74) is 2.44. The highest BCUT2D eigenvalue weighted by Gasteiger charge is 2.47. The number of nitrogens with one attached hydrogen (secondary N) is 1. The molecule has 5 nitrogen and oxygen atoms in total. The van der Waals surface area contributed by atoms with E-state index in [4.69, 9.17) is 4.74 Å². The van der Waals surface area contributed by atoms with Crippen molar-refractivity contribution in [2.24, 2.45) is 0 Å². The Kier molecular flexibility index (Phi) is 6.18. The summed E-state index contributed by atoms with van der Waals surface area (Å²) in [5, 5.41) is 5.18. The summed E-state index contributed by atoms with van der Waals surface area (Å²) in [5.74, 6) is 0.301. The number of amides is 2. The van der Waals surface area contributed by atoms with Crippen LogP contribution in [-0.2, 0) is 11.3 Å². The Labute approximate surface area is 198 Å². The van der Waals surface area contributed by atoms with Crippen molar-refractivity contribution in [1.29, 1.82) is 0 Å². The van der Waals surface area contributed by atoms with Crippen LogP contribution in [0.4, 0.5) is 0 Å². The molecule has 0 saturated heterocycles. The maximum absolute atomic E-state index is 13.8. The lowest BCUT2D eigenvalue weighted by atomic mass is 9.80. The summed E-state index contributed by atoms with van der Waals surface area (Å²) >= 11 is 1.62. The first-order chi connectivity index (χ1) is 16.2. The predicted molar refractivity (Wildman–Crippen MR) is 130 cm³/mol. The van der Waals surface area contributed by atoms with E-state index in [9.17, 15) is 9.59 Å². The van der Waals surface area contributed by atoms with Crippen LogP contribution in [-0.4, -0.2) is 29.9 Å². The smallest absolute Gasteiger partial charge is 0.254 e. The van der Waals surface area contributed by atoms with Gasteiger partial charge >= 0.3 is 0 Å². The number of rotatable bonds is 6. The number of carbonyl (C=O) groups excluding carboxylic acids is 2. The first kappa shape index (κ1) is 21.7. The largest absolute Gasteiger partial charge is 0.497 e. The fraction of sp³-hybridized carbons (Fsp3) is 0.333. The molecule has 2 heterocycles. The van der Waals surface area contributed by atoms with Crippen LogP contribution in [0.25, 0.3) is 0 Å². The third-order valence-electron chi connectivity index (χ3n) is 6.81. The van der Waals surface area contributed by atoms with E-state index in [1.165, 1.54) is 0 Å². The van der Waals surface area contributed by atoms with E-state index in [2.05, 4.69) is 11.4 Å². The summed E-state index contributed by atoms with van der Waals surface area (Å²) in [6.45, 7) is 0.406. The third kappa shape index (κ3) is 4.15. The maximum Gasteiger partial charge on any atom is 0.254 e. The summed E-state index contributed by atoms with van der Waals surface area (Å²) < 4.78 is 5.32. The van der Waals surface area contributed by atoms with Gasteiger partial charge in [0, 0.05) is 23.0 Å². The van der Waals surface area contributed by atoms with Crippen molar-refractivity contribution in [1.82, 2.24) is 10.2 Å². The zero-order valence-electron chi connectivity index (χ0n) is 18.7. The van der Waals surface area contributed by atoms with Crippen LogP contribution in [0, 0.1) is 0 Å². The molecule has 1 saturated carbocycles. The van der Waals surface area contributed by atoms with Gasteiger partial charge in [-0.05, 0) is 53.6 Å². The van der Waals surface area contributed by atoms with Gasteiger partial charge in [0.2, 0.25) is 5.91 Å². The molecule has 5 rings (SSSR count). The highest BCUT2D eigenvalue weighted by molar-refractivity contribution is 7.10. The zero-order valence-corrected chi connectivity index (χ0v) is 19.5. The van der Waals surface area contributed by atoms with Crippen LogP contribution in [0.2, 0.25) is 0 Å². The zero-order chi connectivity index (χ0) is 22.8. The van der Waals surface area contributed by atoms with Gasteiger partial charge in [-0.2, -0.15) is 0 Å². The number of nitrogens with zero attached hydrogens (tertiary/aromatic N) is 1. The molecular weight excluding hydrogens is 432 g/mol. The number of carbonyl (C=O) groups is 2. The quantitative estimate of drug-likeness (QED) is 0.543. The SMILES string of the molecule is COc1cccc(CNC(=O)[C@H]2c3ccccc3C(=O)N(C3CCCC3)[C@H]2c2cccs2)c1. The molecule has 6 heteroatoms. The van der Waals surface area contributed by atoms with Gasteiger partial charge in [0.15, 0.2) is 0 Å². The average molecular weight is 461 g/mol. The van der Waals surface area contributed by atoms with E-state index < -0.39 is 5.92 Å². The number of methoxy groups -OCH3 is 1. The summed E-state index contributed by atoms with van der Waals surface area (Å²) in [6.07, 6.45) is 4.24. The second-order valence-corrected chi connectivity index (χ2v) is 9.72. The molecule has 2 aromatic carbocycles. The lowest BCUT2D eigenvalue weighted by molar-refractivity contribution is -0.124. The average Bonchev–Trinajstić information content (AvgIpc) is 3.57. The lowest BCUT2D eigenvalue weighted by Gasteiger charge is -2.44. The van der Waals surface area contributed by atoms with E-state index in [0.29, 0.717) is 12.1 Å². The molecule has 33 heavy (non-hydrogen) atoms. The van der Waals surface area contributed by atoms with Crippen LogP contribution < -0.4 is 10.1 Å². The molecular formula is C27H28N2O3S. The molecule has 2 amide bonds. The van der Waals surface area contributed by atoms with Gasteiger partial charge in [-0.3, -0.25) is 9.59 Å². The summed E-state index contributed by atoms with van der Waals surface area (Å²) in [4.78, 5) is 30.6. The van der Waals surface area contributed by atoms with E-state index in [1.54, 1.807) is 18.4 Å². The molecule has 1 fully saturated rings. The molecule has 0 spiro atoms. The first-order valence-electron chi connectivity index (χ1n) is 11.5. The van der Waals surface area contributed by atoms with Gasteiger partial charge in [-0.1, -0.05) is 49.2 Å². The number of benzene rings is 2. The molecule has 3 aromatic rings. The van der Waals surface area contributed by atoms with Crippen molar-refractivity contribution in [3.8, 4) is 5.75 Å². The molecule has 1 aromatic heterocycles. The van der Waals surface area contributed by atoms with Crippen molar-refractivity contribution < 1.29 is 14.3 Å². The Balaban J connectivity index is 1.52. The van der Waals surface area contributed by atoms with Crippen molar-refractivity contribution in [2.75, 3.05) is 7.11 Å². The lowest BCUT2D eigenvalue weighted by Crippen LogP contribution is -2.50. The van der Waals surface area contributed by atoms with Gasteiger partial charge in [-0.15, -0.1) is 11.3 Å². The molecule has 0 radical (unpaired) electrons. The number of hydrogen-bond donors (Lipinski definition) is 1. The van der Waals surface area contributed by atoms with E-state index >= 15 is 0 Å². The molecule has 1 aliphatic heterocycles. The Morgan fingerprint density at radius 1 is 1.09 bits per heavy atom. The molecule has 2 atom stereocenters. The number of hydrogen-bond acceptors (Lipinski definition) is 4. The van der Waals surface area contributed by atoms with Crippen LogP contribution in [0.3, 0.4) is 0 Å². The summed E-state index contributed by atoms with van der Waals surface area (Å²) in [7, 11) is 1.64. The fourth-order valence-electron chi connectivity index (χ4n) is 5.26. The van der Waals surface area contributed by atoms with E-state index in [0.717, 1.165) is 47.4 Å². The minimum atomic E-state index is -0.455. The maximum atomic E-state index is 13.8. The third-order valence-corrected chi connectivity index (χ3v) is 7.76. The van der Waals surface area contributed by atoms with Crippen LogP contribution >= 0.6 is 11.3 Å². The molecule has 0 bridgehead atoms. The first-order valence-corrected chi connectivity index (χ1v) is 12.4. The molecule has 1 aliphatic carbocycles. The summed E-state index contributed by atoms with van der Waals surface area (Å²) in [6, 6.07) is 19.3. The monoisotopic (exact) mass is 460 g/mol. The number of fused-ring (bicyclic) bond motifs is 1. The van der Waals surface area contributed by atoms with Crippen LogP contribution in [0.15, 0.2) is 66.0 Å². The van der Waals surface area contributed by atoms with Crippen molar-refractivity contribution in [2.45, 2.75) is 50.2 Å². The molecule has 0 unspecified atom stereocenters. The van der Waals surface area contributed by atoms with E-state index in [1.807, 2.05) is 64.9 Å². The Morgan fingerprint density at radius 2 is 1.91 bits per heavy atom. The number of thiophene rings is 1. The highest BCUT2D eigenvalue weighted by atomic mass is 32.1. The normalized spacial score (nSPS) is 20.5. The van der Waals surface area contributed by atoms with Crippen LogP contribution in [0.5, 0.6) is 5.75 Å². The number of ether oxygens (including phenoxy) is 1. The highest BCUT2D eigenvalue weighted by Crippen LogP contribution is 2.47. The topological polar surface area (TPSA) is 58.6 Å². The van der Waals surface area contributed by atoms with Gasteiger partial charge in [0.1, 0.15) is 5.75 Å².